The van der Waals surface area contributed by atoms with E-state index in [1.807, 2.05) is 11.8 Å². The third-order valence-corrected chi connectivity index (χ3v) is 5.17. The zero-order valence-corrected chi connectivity index (χ0v) is 13.8. The van der Waals surface area contributed by atoms with Crippen LogP contribution in [-0.2, 0) is 15.2 Å². The Morgan fingerprint density at radius 3 is 2.24 bits per heavy atom. The van der Waals surface area contributed by atoms with Gasteiger partial charge in [0.1, 0.15) is 23.6 Å². The second-order valence-electron chi connectivity index (χ2n) is 6.75. The van der Waals surface area contributed by atoms with E-state index in [0.717, 1.165) is 11.1 Å². The van der Waals surface area contributed by atoms with Crippen molar-refractivity contribution in [2.24, 2.45) is 0 Å². The van der Waals surface area contributed by atoms with Crippen molar-refractivity contribution >= 4 is 0 Å². The lowest BCUT2D eigenvalue weighted by atomic mass is 9.96. The number of fused-ring (bicyclic) bond motifs is 1. The Kier molecular flexibility index (Phi) is 3.88. The van der Waals surface area contributed by atoms with Gasteiger partial charge in [-0.15, -0.1) is 0 Å². The van der Waals surface area contributed by atoms with Crippen LogP contribution in [0.2, 0.25) is 0 Å². The number of ether oxygens (including phenoxy) is 2. The van der Waals surface area contributed by atoms with E-state index in [9.17, 15) is 13.9 Å². The van der Waals surface area contributed by atoms with Crippen molar-refractivity contribution in [3.63, 3.8) is 0 Å². The number of rotatable bonds is 3. The maximum absolute atomic E-state index is 13.3. The van der Waals surface area contributed by atoms with Crippen LogP contribution >= 0.6 is 0 Å². The zero-order valence-electron chi connectivity index (χ0n) is 13.8. The highest BCUT2D eigenvalue weighted by Crippen LogP contribution is 2.51. The van der Waals surface area contributed by atoms with Gasteiger partial charge in [0.25, 0.3) is 0 Å². The number of hydrogen-bond donors (Lipinski definition) is 1. The van der Waals surface area contributed by atoms with Crippen molar-refractivity contribution in [3.8, 4) is 0 Å². The Balaban J connectivity index is 1.78. The molecule has 2 saturated heterocycles. The van der Waals surface area contributed by atoms with Crippen LogP contribution in [0.25, 0.3) is 0 Å². The minimum Gasteiger partial charge on any atom is -0.394 e. The molecule has 25 heavy (non-hydrogen) atoms. The summed E-state index contributed by atoms with van der Waals surface area (Å²) in [4.78, 5) is 1.97. The molecule has 2 aliphatic rings. The van der Waals surface area contributed by atoms with Gasteiger partial charge in [-0.25, -0.2) is 13.7 Å². The minimum absolute atomic E-state index is 0.137. The molecule has 132 valence electrons. The van der Waals surface area contributed by atoms with Crippen molar-refractivity contribution in [2.75, 3.05) is 19.8 Å². The SMILES string of the molecule is C[C@]1(c2ccc(F)cc2)OC[C@]2(CO)CO[C@H](c3ccc(F)cc3)N21. The molecule has 0 unspecified atom stereocenters. The molecule has 6 heteroatoms. The third kappa shape index (κ3) is 2.48. The van der Waals surface area contributed by atoms with Crippen LogP contribution in [0.4, 0.5) is 8.78 Å². The second kappa shape index (κ2) is 5.85. The first-order valence-corrected chi connectivity index (χ1v) is 8.16. The first-order valence-electron chi connectivity index (χ1n) is 8.16. The Labute approximate surface area is 144 Å². The summed E-state index contributed by atoms with van der Waals surface area (Å²) < 4.78 is 38.7. The van der Waals surface area contributed by atoms with Crippen LogP contribution in [0.15, 0.2) is 48.5 Å². The van der Waals surface area contributed by atoms with Crippen molar-refractivity contribution < 1.29 is 23.4 Å². The smallest absolute Gasteiger partial charge is 0.147 e. The summed E-state index contributed by atoms with van der Waals surface area (Å²) in [5.41, 5.74) is -0.0499. The molecule has 0 aromatic heterocycles. The van der Waals surface area contributed by atoms with Gasteiger partial charge in [0.2, 0.25) is 0 Å². The second-order valence-corrected chi connectivity index (χ2v) is 6.75. The molecule has 4 nitrogen and oxygen atoms in total. The number of hydrogen-bond acceptors (Lipinski definition) is 4. The molecule has 2 aromatic rings. The van der Waals surface area contributed by atoms with Crippen LogP contribution in [-0.4, -0.2) is 35.4 Å². The lowest BCUT2D eigenvalue weighted by Crippen LogP contribution is -2.52. The fourth-order valence-corrected chi connectivity index (χ4v) is 3.78. The van der Waals surface area contributed by atoms with Gasteiger partial charge < -0.3 is 14.6 Å². The maximum Gasteiger partial charge on any atom is 0.147 e. The van der Waals surface area contributed by atoms with Crippen LogP contribution < -0.4 is 0 Å². The lowest BCUT2D eigenvalue weighted by Gasteiger charge is -2.40. The Morgan fingerprint density at radius 2 is 1.64 bits per heavy atom. The molecule has 3 atom stereocenters. The molecule has 0 aliphatic carbocycles. The molecular weight excluding hydrogens is 328 g/mol. The lowest BCUT2D eigenvalue weighted by molar-refractivity contribution is -0.135. The van der Waals surface area contributed by atoms with E-state index in [1.54, 1.807) is 24.3 Å². The van der Waals surface area contributed by atoms with Gasteiger partial charge >= 0.3 is 0 Å². The van der Waals surface area contributed by atoms with Gasteiger partial charge in [0, 0.05) is 0 Å². The highest BCUT2D eigenvalue weighted by Gasteiger charge is 2.61. The highest BCUT2D eigenvalue weighted by molar-refractivity contribution is 5.29. The average molecular weight is 347 g/mol. The summed E-state index contributed by atoms with van der Waals surface area (Å²) in [5.74, 6) is -0.652. The molecule has 0 radical (unpaired) electrons. The minimum atomic E-state index is -0.897. The number of aliphatic hydroxyl groups excluding tert-OH is 1. The summed E-state index contributed by atoms with van der Waals surface area (Å²) in [6.45, 7) is 2.32. The highest BCUT2D eigenvalue weighted by atomic mass is 19.1. The summed E-state index contributed by atoms with van der Waals surface area (Å²) >= 11 is 0. The van der Waals surface area contributed by atoms with Crippen LogP contribution in [0.3, 0.4) is 0 Å². The van der Waals surface area contributed by atoms with E-state index in [4.69, 9.17) is 9.47 Å². The monoisotopic (exact) mass is 347 g/mol. The number of aliphatic hydroxyl groups is 1. The number of benzene rings is 2. The van der Waals surface area contributed by atoms with Crippen LogP contribution in [0, 0.1) is 11.6 Å². The van der Waals surface area contributed by atoms with E-state index >= 15 is 0 Å². The van der Waals surface area contributed by atoms with Gasteiger partial charge in [-0.2, -0.15) is 0 Å². The van der Waals surface area contributed by atoms with Gasteiger partial charge in [0.05, 0.1) is 25.4 Å². The third-order valence-electron chi connectivity index (χ3n) is 5.17. The summed E-state index contributed by atoms with van der Waals surface area (Å²) in [5, 5.41) is 10.0. The standard InChI is InChI=1S/C19H19F2NO3/c1-18(14-4-8-16(21)9-5-14)22-17(13-2-6-15(20)7-3-13)24-11-19(22,10-23)12-25-18/h2-9,17,23H,10-12H2,1H3/t17-,18-,19+/m1/s1. The van der Waals surface area contributed by atoms with E-state index in [2.05, 4.69) is 0 Å². The Morgan fingerprint density at radius 1 is 1.04 bits per heavy atom. The van der Waals surface area contributed by atoms with E-state index in [-0.39, 0.29) is 24.8 Å². The summed E-state index contributed by atoms with van der Waals surface area (Å²) in [6, 6.07) is 12.2. The average Bonchev–Trinajstić information content (AvgIpc) is 3.14. The predicted molar refractivity (Wildman–Crippen MR) is 86.5 cm³/mol. The van der Waals surface area contributed by atoms with Gasteiger partial charge in [-0.05, 0) is 42.3 Å². The molecule has 1 N–H and O–H groups in total. The van der Waals surface area contributed by atoms with Crippen molar-refractivity contribution in [1.29, 1.82) is 0 Å². The Bertz CT molecular complexity index is 767. The molecule has 0 saturated carbocycles. The molecule has 2 aromatic carbocycles. The largest absolute Gasteiger partial charge is 0.394 e. The van der Waals surface area contributed by atoms with Crippen LogP contribution in [0.1, 0.15) is 24.3 Å². The maximum atomic E-state index is 13.3. The fraction of sp³-hybridized carbons (Fsp3) is 0.368. The molecule has 4 rings (SSSR count). The van der Waals surface area contributed by atoms with Gasteiger partial charge in [0.15, 0.2) is 0 Å². The number of halogens is 2. The first-order chi connectivity index (χ1) is 12.0. The topological polar surface area (TPSA) is 41.9 Å². The summed E-state index contributed by atoms with van der Waals surface area (Å²) in [7, 11) is 0. The zero-order chi connectivity index (χ0) is 17.7. The number of nitrogens with zero attached hydrogens (tertiary/aromatic N) is 1. The predicted octanol–water partition coefficient (Wildman–Crippen LogP) is 2.93. The molecule has 0 bridgehead atoms. The normalized spacial score (nSPS) is 32.1. The van der Waals surface area contributed by atoms with Crippen molar-refractivity contribution in [2.45, 2.75) is 24.4 Å². The van der Waals surface area contributed by atoms with Crippen molar-refractivity contribution in [1.82, 2.24) is 4.90 Å². The van der Waals surface area contributed by atoms with E-state index in [0.29, 0.717) is 6.61 Å². The quantitative estimate of drug-likeness (QED) is 0.927. The van der Waals surface area contributed by atoms with Crippen LogP contribution in [0.5, 0.6) is 0 Å². The molecule has 2 fully saturated rings. The molecule has 2 aliphatic heterocycles. The molecule has 2 heterocycles. The molecule has 0 spiro atoms. The van der Waals surface area contributed by atoms with Crippen molar-refractivity contribution in [3.05, 3.63) is 71.3 Å². The first kappa shape index (κ1) is 16.6. The summed E-state index contributed by atoms with van der Waals surface area (Å²) in [6.07, 6.45) is -0.495. The van der Waals surface area contributed by atoms with E-state index < -0.39 is 17.5 Å². The van der Waals surface area contributed by atoms with Gasteiger partial charge in [-0.3, -0.25) is 0 Å². The molecule has 0 amide bonds. The van der Waals surface area contributed by atoms with Gasteiger partial charge in [-0.1, -0.05) is 24.3 Å². The fourth-order valence-electron chi connectivity index (χ4n) is 3.78. The van der Waals surface area contributed by atoms with E-state index in [1.165, 1.54) is 24.3 Å². The molecular formula is C19H19F2NO3. The Hall–Kier alpha value is -1.86.